The number of rotatable bonds is 3. The predicted octanol–water partition coefficient (Wildman–Crippen LogP) is 2.22. The van der Waals surface area contributed by atoms with Gasteiger partial charge in [-0.2, -0.15) is 5.26 Å². The van der Waals surface area contributed by atoms with Crippen LogP contribution in [0.4, 0.5) is 0 Å². The second-order valence-corrected chi connectivity index (χ2v) is 3.67. The zero-order valence-electron chi connectivity index (χ0n) is 7.27. The van der Waals surface area contributed by atoms with Crippen LogP contribution in [0.3, 0.4) is 0 Å². The Kier molecular flexibility index (Phi) is 3.66. The third kappa shape index (κ3) is 2.57. The second kappa shape index (κ2) is 4.77. The van der Waals surface area contributed by atoms with Gasteiger partial charge in [-0.25, -0.2) is 0 Å². The smallest absolute Gasteiger partial charge is 0.321 e. The van der Waals surface area contributed by atoms with Crippen LogP contribution in [0.15, 0.2) is 28.7 Å². The molecule has 0 aliphatic carbocycles. The molecule has 1 rings (SSSR count). The highest BCUT2D eigenvalue weighted by Crippen LogP contribution is 2.19. The lowest BCUT2D eigenvalue weighted by molar-refractivity contribution is -0.139. The molecule has 0 fully saturated rings. The van der Waals surface area contributed by atoms with Crippen molar-refractivity contribution in [3.63, 3.8) is 0 Å². The summed E-state index contributed by atoms with van der Waals surface area (Å²) in [5.74, 6) is -2.06. The van der Waals surface area contributed by atoms with Gasteiger partial charge >= 0.3 is 5.97 Å². The number of halogens is 1. The molecule has 1 N–H and O–H groups in total. The summed E-state index contributed by atoms with van der Waals surface area (Å²) >= 11 is 3.30. The van der Waals surface area contributed by atoms with Crippen LogP contribution in [0.1, 0.15) is 5.56 Å². The molecule has 4 heteroatoms. The van der Waals surface area contributed by atoms with Crippen LogP contribution in [0.5, 0.6) is 0 Å². The van der Waals surface area contributed by atoms with E-state index in [1.807, 2.05) is 18.2 Å². The van der Waals surface area contributed by atoms with Crippen molar-refractivity contribution in [3.8, 4) is 6.07 Å². The van der Waals surface area contributed by atoms with E-state index in [2.05, 4.69) is 15.9 Å². The van der Waals surface area contributed by atoms with Gasteiger partial charge in [0.15, 0.2) is 0 Å². The van der Waals surface area contributed by atoms with E-state index in [-0.39, 0.29) is 6.42 Å². The Morgan fingerprint density at radius 3 is 2.71 bits per heavy atom. The van der Waals surface area contributed by atoms with Crippen molar-refractivity contribution >= 4 is 21.9 Å². The van der Waals surface area contributed by atoms with E-state index in [0.29, 0.717) is 0 Å². The van der Waals surface area contributed by atoms with Gasteiger partial charge < -0.3 is 5.11 Å². The molecule has 72 valence electrons. The Balaban J connectivity index is 2.84. The van der Waals surface area contributed by atoms with Crippen LogP contribution < -0.4 is 0 Å². The molecule has 0 spiro atoms. The normalized spacial score (nSPS) is 11.7. The molecular formula is C10H8BrNO2. The minimum Gasteiger partial charge on any atom is -0.480 e. The number of aliphatic carboxylic acids is 1. The van der Waals surface area contributed by atoms with Crippen molar-refractivity contribution in [1.29, 1.82) is 5.26 Å². The minimum atomic E-state index is -1.08. The molecule has 0 radical (unpaired) electrons. The topological polar surface area (TPSA) is 61.1 Å². The molecule has 0 aliphatic heterocycles. The third-order valence-electron chi connectivity index (χ3n) is 1.84. The summed E-state index contributed by atoms with van der Waals surface area (Å²) in [5.41, 5.74) is 0.835. The summed E-state index contributed by atoms with van der Waals surface area (Å²) in [6, 6.07) is 9.04. The SMILES string of the molecule is N#C[C@@H](Cc1ccccc1Br)C(=O)O. The number of nitriles is 1. The number of carbonyl (C=O) groups is 1. The van der Waals surface area contributed by atoms with Gasteiger partial charge in [-0.3, -0.25) is 4.79 Å². The van der Waals surface area contributed by atoms with E-state index in [9.17, 15) is 4.79 Å². The molecule has 0 heterocycles. The van der Waals surface area contributed by atoms with E-state index in [0.717, 1.165) is 10.0 Å². The maximum atomic E-state index is 10.6. The summed E-state index contributed by atoms with van der Waals surface area (Å²) in [7, 11) is 0. The molecule has 0 saturated carbocycles. The fraction of sp³-hybridized carbons (Fsp3) is 0.200. The Morgan fingerprint density at radius 1 is 1.57 bits per heavy atom. The quantitative estimate of drug-likeness (QED) is 0.899. The first kappa shape index (κ1) is 10.7. The highest BCUT2D eigenvalue weighted by atomic mass is 79.9. The van der Waals surface area contributed by atoms with Gasteiger partial charge in [-0.15, -0.1) is 0 Å². The molecule has 0 aromatic heterocycles. The van der Waals surface area contributed by atoms with Crippen molar-refractivity contribution in [2.24, 2.45) is 5.92 Å². The molecule has 0 unspecified atom stereocenters. The maximum Gasteiger partial charge on any atom is 0.321 e. The Morgan fingerprint density at radius 2 is 2.21 bits per heavy atom. The highest BCUT2D eigenvalue weighted by molar-refractivity contribution is 9.10. The third-order valence-corrected chi connectivity index (χ3v) is 2.61. The van der Waals surface area contributed by atoms with Crippen molar-refractivity contribution in [2.45, 2.75) is 6.42 Å². The molecule has 0 bridgehead atoms. The lowest BCUT2D eigenvalue weighted by atomic mass is 10.0. The number of hydrogen-bond acceptors (Lipinski definition) is 2. The zero-order valence-corrected chi connectivity index (χ0v) is 8.86. The minimum absolute atomic E-state index is 0.229. The van der Waals surface area contributed by atoms with Crippen molar-refractivity contribution in [3.05, 3.63) is 34.3 Å². The van der Waals surface area contributed by atoms with Crippen molar-refractivity contribution < 1.29 is 9.90 Å². The van der Waals surface area contributed by atoms with Crippen LogP contribution in [0.25, 0.3) is 0 Å². The van der Waals surface area contributed by atoms with E-state index in [1.54, 1.807) is 12.1 Å². The molecule has 0 saturated heterocycles. The van der Waals surface area contributed by atoms with Gasteiger partial charge in [-0.1, -0.05) is 34.1 Å². The number of benzene rings is 1. The monoisotopic (exact) mass is 253 g/mol. The lowest BCUT2D eigenvalue weighted by Gasteiger charge is -2.05. The fourth-order valence-corrected chi connectivity index (χ4v) is 1.52. The second-order valence-electron chi connectivity index (χ2n) is 2.82. The summed E-state index contributed by atoms with van der Waals surface area (Å²) in [5, 5.41) is 17.3. The molecule has 0 amide bonds. The van der Waals surface area contributed by atoms with Crippen LogP contribution in [-0.4, -0.2) is 11.1 Å². The number of carboxylic acid groups (broad SMARTS) is 1. The molecule has 1 atom stereocenters. The summed E-state index contributed by atoms with van der Waals surface area (Å²) in [4.78, 5) is 10.6. The molecule has 14 heavy (non-hydrogen) atoms. The summed E-state index contributed by atoms with van der Waals surface area (Å²) < 4.78 is 0.835. The standard InChI is InChI=1S/C10H8BrNO2/c11-9-4-2-1-3-7(9)5-8(6-12)10(13)14/h1-4,8H,5H2,(H,13,14)/t8-/m1/s1. The van der Waals surface area contributed by atoms with E-state index < -0.39 is 11.9 Å². The van der Waals surface area contributed by atoms with Crippen LogP contribution in [-0.2, 0) is 11.2 Å². The van der Waals surface area contributed by atoms with E-state index >= 15 is 0 Å². The largest absolute Gasteiger partial charge is 0.480 e. The van der Waals surface area contributed by atoms with Crippen LogP contribution >= 0.6 is 15.9 Å². The van der Waals surface area contributed by atoms with E-state index in [1.165, 1.54) is 0 Å². The van der Waals surface area contributed by atoms with Gasteiger partial charge in [-0.05, 0) is 18.1 Å². The number of nitrogens with zero attached hydrogens (tertiary/aromatic N) is 1. The molecular weight excluding hydrogens is 246 g/mol. The van der Waals surface area contributed by atoms with Gasteiger partial charge in [0.1, 0.15) is 5.92 Å². The van der Waals surface area contributed by atoms with Crippen LogP contribution in [0.2, 0.25) is 0 Å². The molecule has 3 nitrogen and oxygen atoms in total. The Labute approximate surface area is 90.1 Å². The molecule has 0 aliphatic rings. The lowest BCUT2D eigenvalue weighted by Crippen LogP contribution is -2.14. The van der Waals surface area contributed by atoms with Crippen LogP contribution in [0, 0.1) is 17.2 Å². The molecule has 1 aromatic rings. The number of hydrogen-bond donors (Lipinski definition) is 1. The van der Waals surface area contributed by atoms with Crippen molar-refractivity contribution in [1.82, 2.24) is 0 Å². The first-order valence-electron chi connectivity index (χ1n) is 4.01. The Bertz CT molecular complexity index is 384. The first-order valence-corrected chi connectivity index (χ1v) is 4.80. The highest BCUT2D eigenvalue weighted by Gasteiger charge is 2.17. The fourth-order valence-electron chi connectivity index (χ4n) is 1.07. The van der Waals surface area contributed by atoms with Gasteiger partial charge in [0.25, 0.3) is 0 Å². The maximum absolute atomic E-state index is 10.6. The average molecular weight is 254 g/mol. The average Bonchev–Trinajstić information content (AvgIpc) is 2.16. The van der Waals surface area contributed by atoms with Crippen molar-refractivity contribution in [2.75, 3.05) is 0 Å². The molecule has 1 aromatic carbocycles. The van der Waals surface area contributed by atoms with E-state index in [4.69, 9.17) is 10.4 Å². The Hall–Kier alpha value is -1.34. The van der Waals surface area contributed by atoms with Gasteiger partial charge in [0, 0.05) is 4.47 Å². The van der Waals surface area contributed by atoms with Gasteiger partial charge in [0.05, 0.1) is 6.07 Å². The number of carboxylic acids is 1. The summed E-state index contributed by atoms with van der Waals surface area (Å²) in [6.07, 6.45) is 0.229. The zero-order chi connectivity index (χ0) is 10.6. The summed E-state index contributed by atoms with van der Waals surface area (Å²) in [6.45, 7) is 0. The first-order chi connectivity index (χ1) is 6.65. The predicted molar refractivity (Wildman–Crippen MR) is 54.6 cm³/mol. The van der Waals surface area contributed by atoms with Gasteiger partial charge in [0.2, 0.25) is 0 Å².